The number of anilines is 3. The lowest BCUT2D eigenvalue weighted by Crippen LogP contribution is -2.40. The molecule has 0 aromatic heterocycles. The Labute approximate surface area is 273 Å². The summed E-state index contributed by atoms with van der Waals surface area (Å²) in [6.07, 6.45) is 0.0890. The highest BCUT2D eigenvalue weighted by molar-refractivity contribution is 6.06. The maximum absolute atomic E-state index is 13.4. The normalized spacial score (nSPS) is 13.5. The van der Waals surface area contributed by atoms with E-state index in [4.69, 9.17) is 9.47 Å². The van der Waals surface area contributed by atoms with Crippen molar-refractivity contribution in [3.8, 4) is 5.75 Å². The van der Waals surface area contributed by atoms with Crippen LogP contribution in [-0.4, -0.2) is 79.4 Å². The molecule has 3 N–H and O–H groups in total. The van der Waals surface area contributed by atoms with E-state index in [1.165, 1.54) is 24.3 Å². The van der Waals surface area contributed by atoms with Crippen LogP contribution < -0.4 is 20.7 Å². The molecular formula is C34H41F2N5O6. The third-order valence-electron chi connectivity index (χ3n) is 7.02. The van der Waals surface area contributed by atoms with Crippen LogP contribution in [0.2, 0.25) is 0 Å². The molecule has 4 rings (SSSR count). The van der Waals surface area contributed by atoms with Crippen molar-refractivity contribution < 1.29 is 37.4 Å². The zero-order valence-electron chi connectivity index (χ0n) is 26.8. The van der Waals surface area contributed by atoms with Gasteiger partial charge in [0.1, 0.15) is 11.4 Å². The summed E-state index contributed by atoms with van der Waals surface area (Å²) in [5.41, 5.74) is 1.74. The number of rotatable bonds is 12. The molecule has 3 aromatic rings. The van der Waals surface area contributed by atoms with Crippen molar-refractivity contribution in [1.29, 1.82) is 0 Å². The lowest BCUT2D eigenvalue weighted by Gasteiger charge is -2.28. The average Bonchev–Trinajstić information content (AvgIpc) is 3.02. The fourth-order valence-electron chi connectivity index (χ4n) is 4.78. The summed E-state index contributed by atoms with van der Waals surface area (Å²) in [6.45, 7) is 6.91. The summed E-state index contributed by atoms with van der Waals surface area (Å²) in [5, 5.41) is 8.32. The Morgan fingerprint density at radius 1 is 0.894 bits per heavy atom. The van der Waals surface area contributed by atoms with Crippen molar-refractivity contribution in [3.63, 3.8) is 0 Å². The van der Waals surface area contributed by atoms with Crippen LogP contribution in [0.1, 0.15) is 43.1 Å². The minimum Gasteiger partial charge on any atom is -0.444 e. The summed E-state index contributed by atoms with van der Waals surface area (Å²) < 4.78 is 40.2. The summed E-state index contributed by atoms with van der Waals surface area (Å²) >= 11 is 0. The van der Waals surface area contributed by atoms with Crippen LogP contribution in [0, 0.1) is 0 Å². The molecule has 0 saturated carbocycles. The van der Waals surface area contributed by atoms with E-state index >= 15 is 0 Å². The number of carbonyl (C=O) groups excluding carboxylic acids is 3. The standard InChI is InChI=1S/C34H41F2N5O6/c1-34(2,3)47-33(44)39-29-8-5-4-7-28(29)38-30(42)25-11-9-24(10-12-25)23-41(18-6-17-40-19-21-45-22-20-40)32(43)37-26-13-15-27(16-14-26)46-31(35)36/h4-5,7-16,31H,6,17-23H2,1-3H3,(H,37,43)(H,38,42)(H,39,44). The Balaban J connectivity index is 1.40. The number of alkyl halides is 2. The molecule has 3 aromatic carbocycles. The zero-order valence-corrected chi connectivity index (χ0v) is 26.8. The molecule has 11 nitrogen and oxygen atoms in total. The van der Waals surface area contributed by atoms with E-state index in [0.29, 0.717) is 42.4 Å². The van der Waals surface area contributed by atoms with Gasteiger partial charge in [0.2, 0.25) is 0 Å². The highest BCUT2D eigenvalue weighted by Gasteiger charge is 2.19. The van der Waals surface area contributed by atoms with Gasteiger partial charge in [0.05, 0.1) is 24.6 Å². The number of nitrogens with zero attached hydrogens (tertiary/aromatic N) is 2. The Hall–Kier alpha value is -4.75. The molecule has 0 spiro atoms. The first-order valence-electron chi connectivity index (χ1n) is 15.4. The first kappa shape index (κ1) is 35.1. The molecule has 4 amide bonds. The van der Waals surface area contributed by atoms with Crippen LogP contribution in [0.15, 0.2) is 72.8 Å². The number of para-hydroxylation sites is 2. The Morgan fingerprint density at radius 2 is 1.53 bits per heavy atom. The number of hydrogen-bond acceptors (Lipinski definition) is 7. The first-order valence-corrected chi connectivity index (χ1v) is 15.4. The first-order chi connectivity index (χ1) is 22.4. The third-order valence-corrected chi connectivity index (χ3v) is 7.02. The Morgan fingerprint density at radius 3 is 2.15 bits per heavy atom. The molecule has 1 aliphatic rings. The molecule has 1 fully saturated rings. The van der Waals surface area contributed by atoms with Gasteiger partial charge in [-0.3, -0.25) is 15.0 Å². The molecular weight excluding hydrogens is 612 g/mol. The zero-order chi connectivity index (χ0) is 33.8. The average molecular weight is 654 g/mol. The second-order valence-electron chi connectivity index (χ2n) is 11.9. The van der Waals surface area contributed by atoms with Crippen LogP contribution in [0.4, 0.5) is 35.4 Å². The minimum absolute atomic E-state index is 0.00714. The van der Waals surface area contributed by atoms with E-state index < -0.39 is 18.3 Å². The summed E-state index contributed by atoms with van der Waals surface area (Å²) in [5.74, 6) is -0.387. The quantitative estimate of drug-likeness (QED) is 0.200. The van der Waals surface area contributed by atoms with Gasteiger partial charge in [-0.2, -0.15) is 8.78 Å². The molecule has 0 aliphatic carbocycles. The van der Waals surface area contributed by atoms with Crippen LogP contribution in [-0.2, 0) is 16.0 Å². The van der Waals surface area contributed by atoms with Crippen LogP contribution in [0.3, 0.4) is 0 Å². The second kappa shape index (κ2) is 16.7. The van der Waals surface area contributed by atoms with Gasteiger partial charge in [-0.1, -0.05) is 24.3 Å². The van der Waals surface area contributed by atoms with Gasteiger partial charge in [-0.05, 0) is 81.3 Å². The van der Waals surface area contributed by atoms with Crippen molar-refractivity contribution in [2.45, 2.75) is 45.9 Å². The molecule has 1 heterocycles. The van der Waals surface area contributed by atoms with Crippen molar-refractivity contribution in [2.24, 2.45) is 0 Å². The number of benzene rings is 3. The molecule has 0 atom stereocenters. The van der Waals surface area contributed by atoms with E-state index in [1.54, 1.807) is 74.2 Å². The number of halogens is 2. The Bertz CT molecular complexity index is 1480. The number of amides is 4. The number of carbonyl (C=O) groups is 3. The van der Waals surface area contributed by atoms with E-state index in [0.717, 1.165) is 31.6 Å². The van der Waals surface area contributed by atoms with Crippen molar-refractivity contribution in [3.05, 3.63) is 83.9 Å². The summed E-state index contributed by atoms with van der Waals surface area (Å²) in [7, 11) is 0. The van der Waals surface area contributed by atoms with Gasteiger partial charge in [0.15, 0.2) is 0 Å². The second-order valence-corrected chi connectivity index (χ2v) is 11.9. The molecule has 0 bridgehead atoms. The maximum atomic E-state index is 13.4. The highest BCUT2D eigenvalue weighted by Crippen LogP contribution is 2.23. The predicted molar refractivity (Wildman–Crippen MR) is 175 cm³/mol. The van der Waals surface area contributed by atoms with Crippen LogP contribution in [0.5, 0.6) is 5.75 Å². The molecule has 0 unspecified atom stereocenters. The monoisotopic (exact) mass is 653 g/mol. The van der Waals surface area contributed by atoms with E-state index in [1.807, 2.05) is 0 Å². The Kier molecular flexibility index (Phi) is 12.5. The van der Waals surface area contributed by atoms with E-state index in [2.05, 4.69) is 25.6 Å². The van der Waals surface area contributed by atoms with Crippen molar-refractivity contribution in [1.82, 2.24) is 9.80 Å². The predicted octanol–water partition coefficient (Wildman–Crippen LogP) is 6.64. The number of urea groups is 1. The molecule has 1 aliphatic heterocycles. The number of ether oxygens (including phenoxy) is 3. The van der Waals surface area contributed by atoms with Crippen molar-refractivity contribution >= 4 is 35.1 Å². The molecule has 252 valence electrons. The highest BCUT2D eigenvalue weighted by atomic mass is 19.3. The van der Waals surface area contributed by atoms with Gasteiger partial charge >= 0.3 is 18.7 Å². The topological polar surface area (TPSA) is 121 Å². The smallest absolute Gasteiger partial charge is 0.412 e. The van der Waals surface area contributed by atoms with Gasteiger partial charge in [0, 0.05) is 44.0 Å². The summed E-state index contributed by atoms with van der Waals surface area (Å²) in [6, 6.07) is 19.0. The lowest BCUT2D eigenvalue weighted by atomic mass is 10.1. The molecule has 47 heavy (non-hydrogen) atoms. The van der Waals surface area contributed by atoms with Gasteiger partial charge in [-0.25, -0.2) is 9.59 Å². The van der Waals surface area contributed by atoms with Crippen molar-refractivity contribution in [2.75, 3.05) is 55.3 Å². The summed E-state index contributed by atoms with van der Waals surface area (Å²) in [4.78, 5) is 42.7. The maximum Gasteiger partial charge on any atom is 0.412 e. The molecule has 13 heteroatoms. The number of hydrogen-bond donors (Lipinski definition) is 3. The molecule has 1 saturated heterocycles. The molecule has 0 radical (unpaired) electrons. The fourth-order valence-corrected chi connectivity index (χ4v) is 4.78. The number of morpholine rings is 1. The third kappa shape index (κ3) is 11.8. The van der Waals surface area contributed by atoms with Gasteiger partial charge in [0.25, 0.3) is 5.91 Å². The lowest BCUT2D eigenvalue weighted by molar-refractivity contribution is -0.0498. The minimum atomic E-state index is -2.94. The SMILES string of the molecule is CC(C)(C)OC(=O)Nc1ccccc1NC(=O)c1ccc(CN(CCCN2CCOCC2)C(=O)Nc2ccc(OC(F)F)cc2)cc1. The van der Waals surface area contributed by atoms with Crippen LogP contribution >= 0.6 is 0 Å². The largest absolute Gasteiger partial charge is 0.444 e. The fraction of sp³-hybridized carbons (Fsp3) is 0.382. The number of nitrogens with one attached hydrogen (secondary N) is 3. The van der Waals surface area contributed by atoms with Gasteiger partial charge < -0.3 is 29.7 Å². The van der Waals surface area contributed by atoms with Crippen LogP contribution in [0.25, 0.3) is 0 Å². The van der Waals surface area contributed by atoms with Gasteiger partial charge in [-0.15, -0.1) is 0 Å². The van der Waals surface area contributed by atoms with E-state index in [-0.39, 0.29) is 24.2 Å². The van der Waals surface area contributed by atoms with E-state index in [9.17, 15) is 23.2 Å².